The zero-order valence-corrected chi connectivity index (χ0v) is 15.0. The van der Waals surface area contributed by atoms with E-state index < -0.39 is 0 Å². The SMILES string of the molecule is Cc1noc(C)c1CC(=O)N1CC[C@H](Oc2cc(N(C)C)ncn2)C1. The van der Waals surface area contributed by atoms with Gasteiger partial charge in [-0.3, -0.25) is 4.79 Å². The van der Waals surface area contributed by atoms with E-state index in [1.165, 1.54) is 6.33 Å². The van der Waals surface area contributed by atoms with Crippen LogP contribution in [0.15, 0.2) is 16.9 Å². The van der Waals surface area contributed by atoms with Crippen LogP contribution in [0, 0.1) is 13.8 Å². The minimum Gasteiger partial charge on any atom is -0.472 e. The molecule has 1 fully saturated rings. The second kappa shape index (κ2) is 7.08. The van der Waals surface area contributed by atoms with Crippen molar-refractivity contribution < 1.29 is 14.1 Å². The fraction of sp³-hybridized carbons (Fsp3) is 0.529. The molecule has 0 spiro atoms. The van der Waals surface area contributed by atoms with Crippen LogP contribution < -0.4 is 9.64 Å². The van der Waals surface area contributed by atoms with Crippen LogP contribution in [-0.4, -0.2) is 59.2 Å². The van der Waals surface area contributed by atoms with E-state index in [9.17, 15) is 4.79 Å². The summed E-state index contributed by atoms with van der Waals surface area (Å²) in [5.74, 6) is 2.09. The topological polar surface area (TPSA) is 84.6 Å². The van der Waals surface area contributed by atoms with E-state index in [1.54, 1.807) is 6.07 Å². The molecule has 25 heavy (non-hydrogen) atoms. The summed E-state index contributed by atoms with van der Waals surface area (Å²) in [7, 11) is 3.83. The number of ether oxygens (including phenoxy) is 1. The van der Waals surface area contributed by atoms with Crippen molar-refractivity contribution in [3.63, 3.8) is 0 Å². The standard InChI is InChI=1S/C17H23N5O3/c1-11-14(12(2)25-20-11)7-17(23)22-6-5-13(9-22)24-16-8-15(21(3)4)18-10-19-16/h8,10,13H,5-7,9H2,1-4H3/t13-/m0/s1. The number of amides is 1. The van der Waals surface area contributed by atoms with Crippen molar-refractivity contribution in [2.75, 3.05) is 32.1 Å². The Labute approximate surface area is 146 Å². The third-order valence-electron chi connectivity index (χ3n) is 4.38. The molecule has 3 rings (SSSR count). The van der Waals surface area contributed by atoms with Gasteiger partial charge in [0.15, 0.2) is 0 Å². The Morgan fingerprint density at radius 2 is 2.20 bits per heavy atom. The third kappa shape index (κ3) is 3.89. The molecule has 0 aromatic carbocycles. The summed E-state index contributed by atoms with van der Waals surface area (Å²) in [5.41, 5.74) is 1.65. The highest BCUT2D eigenvalue weighted by atomic mass is 16.5. The van der Waals surface area contributed by atoms with Gasteiger partial charge in [0.05, 0.1) is 18.7 Å². The number of aryl methyl sites for hydroxylation is 2. The summed E-state index contributed by atoms with van der Waals surface area (Å²) < 4.78 is 11.1. The number of nitrogens with zero attached hydrogens (tertiary/aromatic N) is 5. The Hall–Kier alpha value is -2.64. The molecule has 1 saturated heterocycles. The lowest BCUT2D eigenvalue weighted by Crippen LogP contribution is -2.32. The molecule has 0 saturated carbocycles. The minimum absolute atomic E-state index is 0.0569. The molecule has 0 aliphatic carbocycles. The van der Waals surface area contributed by atoms with Crippen molar-refractivity contribution in [1.29, 1.82) is 0 Å². The first kappa shape index (κ1) is 17.2. The van der Waals surface area contributed by atoms with Crippen molar-refractivity contribution in [3.8, 4) is 5.88 Å². The number of hydrogen-bond donors (Lipinski definition) is 0. The minimum atomic E-state index is -0.0569. The normalized spacial score (nSPS) is 17.0. The molecule has 8 nitrogen and oxygen atoms in total. The summed E-state index contributed by atoms with van der Waals surface area (Å²) in [6.07, 6.45) is 2.53. The Bertz CT molecular complexity index is 739. The Balaban J connectivity index is 1.58. The summed E-state index contributed by atoms with van der Waals surface area (Å²) in [6, 6.07) is 1.80. The van der Waals surface area contributed by atoms with E-state index in [-0.39, 0.29) is 12.0 Å². The summed E-state index contributed by atoms with van der Waals surface area (Å²) in [6.45, 7) is 4.92. The largest absolute Gasteiger partial charge is 0.472 e. The van der Waals surface area contributed by atoms with Crippen LogP contribution in [0.4, 0.5) is 5.82 Å². The molecule has 8 heteroatoms. The van der Waals surface area contributed by atoms with Crippen LogP contribution in [0.3, 0.4) is 0 Å². The van der Waals surface area contributed by atoms with Gasteiger partial charge >= 0.3 is 0 Å². The Morgan fingerprint density at radius 1 is 1.40 bits per heavy atom. The van der Waals surface area contributed by atoms with Gasteiger partial charge in [0.1, 0.15) is 24.0 Å². The van der Waals surface area contributed by atoms with Crippen molar-refractivity contribution in [2.24, 2.45) is 0 Å². The smallest absolute Gasteiger partial charge is 0.227 e. The van der Waals surface area contributed by atoms with Gasteiger partial charge in [0.25, 0.3) is 0 Å². The van der Waals surface area contributed by atoms with Gasteiger partial charge in [0, 0.05) is 38.7 Å². The molecule has 1 atom stereocenters. The number of rotatable bonds is 5. The van der Waals surface area contributed by atoms with Gasteiger partial charge in [-0.1, -0.05) is 5.16 Å². The molecule has 1 aliphatic rings. The second-order valence-corrected chi connectivity index (χ2v) is 6.46. The number of anilines is 1. The first-order valence-electron chi connectivity index (χ1n) is 8.29. The lowest BCUT2D eigenvalue weighted by molar-refractivity contribution is -0.129. The lowest BCUT2D eigenvalue weighted by atomic mass is 10.1. The first-order valence-corrected chi connectivity index (χ1v) is 8.29. The van der Waals surface area contributed by atoms with Gasteiger partial charge in [-0.15, -0.1) is 0 Å². The molecule has 1 amide bonds. The van der Waals surface area contributed by atoms with Gasteiger partial charge in [0.2, 0.25) is 11.8 Å². The zero-order chi connectivity index (χ0) is 18.0. The van der Waals surface area contributed by atoms with Crippen molar-refractivity contribution in [3.05, 3.63) is 29.4 Å². The van der Waals surface area contributed by atoms with Crippen LogP contribution in [0.1, 0.15) is 23.4 Å². The fourth-order valence-electron chi connectivity index (χ4n) is 2.88. The number of carbonyl (C=O) groups is 1. The number of carbonyl (C=O) groups excluding carboxylic acids is 1. The average molecular weight is 345 g/mol. The van der Waals surface area contributed by atoms with Gasteiger partial charge in [-0.2, -0.15) is 0 Å². The first-order chi connectivity index (χ1) is 11.9. The average Bonchev–Trinajstić information content (AvgIpc) is 3.17. The summed E-state index contributed by atoms with van der Waals surface area (Å²) in [5, 5.41) is 3.90. The molecule has 0 bridgehead atoms. The quantitative estimate of drug-likeness (QED) is 0.809. The molecule has 2 aromatic heterocycles. The molecule has 0 N–H and O–H groups in total. The monoisotopic (exact) mass is 345 g/mol. The van der Waals surface area contributed by atoms with Crippen molar-refractivity contribution in [1.82, 2.24) is 20.0 Å². The van der Waals surface area contributed by atoms with Crippen LogP contribution >= 0.6 is 0 Å². The molecular formula is C17H23N5O3. The van der Waals surface area contributed by atoms with Crippen LogP contribution in [-0.2, 0) is 11.2 Å². The van der Waals surface area contributed by atoms with Crippen LogP contribution in [0.2, 0.25) is 0 Å². The van der Waals surface area contributed by atoms with E-state index in [0.29, 0.717) is 31.2 Å². The second-order valence-electron chi connectivity index (χ2n) is 6.46. The maximum Gasteiger partial charge on any atom is 0.227 e. The zero-order valence-electron chi connectivity index (χ0n) is 15.0. The molecular weight excluding hydrogens is 322 g/mol. The predicted octanol–water partition coefficient (Wildman–Crippen LogP) is 1.37. The van der Waals surface area contributed by atoms with Gasteiger partial charge < -0.3 is 19.1 Å². The predicted molar refractivity (Wildman–Crippen MR) is 91.7 cm³/mol. The third-order valence-corrected chi connectivity index (χ3v) is 4.38. The number of likely N-dealkylation sites (tertiary alicyclic amines) is 1. The van der Waals surface area contributed by atoms with E-state index in [2.05, 4.69) is 15.1 Å². The molecule has 0 unspecified atom stereocenters. The van der Waals surface area contributed by atoms with Gasteiger partial charge in [-0.25, -0.2) is 9.97 Å². The molecule has 0 radical (unpaired) electrons. The molecule has 3 heterocycles. The van der Waals surface area contributed by atoms with E-state index in [0.717, 1.165) is 23.5 Å². The number of hydrogen-bond acceptors (Lipinski definition) is 7. The highest BCUT2D eigenvalue weighted by Gasteiger charge is 2.29. The van der Waals surface area contributed by atoms with Crippen LogP contribution in [0.5, 0.6) is 5.88 Å². The van der Waals surface area contributed by atoms with E-state index >= 15 is 0 Å². The van der Waals surface area contributed by atoms with Crippen molar-refractivity contribution in [2.45, 2.75) is 32.8 Å². The molecule has 2 aromatic rings. The van der Waals surface area contributed by atoms with E-state index in [1.807, 2.05) is 37.7 Å². The summed E-state index contributed by atoms with van der Waals surface area (Å²) >= 11 is 0. The summed E-state index contributed by atoms with van der Waals surface area (Å²) in [4.78, 5) is 24.6. The maximum absolute atomic E-state index is 12.5. The molecule has 1 aliphatic heterocycles. The van der Waals surface area contributed by atoms with E-state index in [4.69, 9.17) is 9.26 Å². The lowest BCUT2D eigenvalue weighted by Gasteiger charge is -2.17. The van der Waals surface area contributed by atoms with Crippen molar-refractivity contribution >= 4 is 11.7 Å². The van der Waals surface area contributed by atoms with Crippen LogP contribution in [0.25, 0.3) is 0 Å². The number of aromatic nitrogens is 3. The Kier molecular flexibility index (Phi) is 4.87. The highest BCUT2D eigenvalue weighted by molar-refractivity contribution is 5.79. The highest BCUT2D eigenvalue weighted by Crippen LogP contribution is 2.21. The Morgan fingerprint density at radius 3 is 2.88 bits per heavy atom. The maximum atomic E-state index is 12.5. The van der Waals surface area contributed by atoms with Gasteiger partial charge in [-0.05, 0) is 13.8 Å². The fourth-order valence-corrected chi connectivity index (χ4v) is 2.88. The molecule has 134 valence electrons.